The first-order chi connectivity index (χ1) is 12.1. The maximum absolute atomic E-state index is 11.5. The van der Waals surface area contributed by atoms with Crippen LogP contribution in [0.4, 0.5) is 0 Å². The normalized spacial score (nSPS) is 14.8. The van der Waals surface area contributed by atoms with Crippen molar-refractivity contribution in [3.05, 3.63) is 0 Å². The molecule has 0 saturated heterocycles. The highest BCUT2D eigenvalue weighted by Gasteiger charge is 2.42. The van der Waals surface area contributed by atoms with Crippen molar-refractivity contribution in [3.8, 4) is 6.07 Å². The third-order valence-corrected chi connectivity index (χ3v) is 2.84. The van der Waals surface area contributed by atoms with Gasteiger partial charge in [0, 0.05) is 34.3 Å². The van der Waals surface area contributed by atoms with Crippen molar-refractivity contribution in [2.75, 3.05) is 13.2 Å². The molecule has 4 atom stereocenters. The third-order valence-electron chi connectivity index (χ3n) is 2.84. The summed E-state index contributed by atoms with van der Waals surface area (Å²) in [6, 6.07) is 1.74. The van der Waals surface area contributed by atoms with Gasteiger partial charge in [-0.1, -0.05) is 0 Å². The van der Waals surface area contributed by atoms with E-state index in [1.165, 1.54) is 0 Å². The predicted octanol–water partition coefficient (Wildman–Crippen LogP) is 0.273. The van der Waals surface area contributed by atoms with Crippen molar-refractivity contribution in [1.29, 1.82) is 5.26 Å². The van der Waals surface area contributed by atoms with Gasteiger partial charge in [0.15, 0.2) is 12.2 Å². The zero-order valence-electron chi connectivity index (χ0n) is 15.3. The van der Waals surface area contributed by atoms with Gasteiger partial charge < -0.3 is 23.7 Å². The number of nitrogens with zero attached hydrogens (tertiary/aromatic N) is 1. The molecule has 0 saturated carbocycles. The molecule has 0 aliphatic carbocycles. The lowest BCUT2D eigenvalue weighted by atomic mass is 10.0. The second kappa shape index (κ2) is 11.8. The van der Waals surface area contributed by atoms with E-state index in [9.17, 15) is 24.4 Å². The van der Waals surface area contributed by atoms with E-state index in [4.69, 9.17) is 23.7 Å². The van der Waals surface area contributed by atoms with Crippen molar-refractivity contribution in [3.63, 3.8) is 0 Å². The molecule has 0 aliphatic heterocycles. The van der Waals surface area contributed by atoms with E-state index in [1.54, 1.807) is 13.0 Å². The maximum atomic E-state index is 11.5. The fourth-order valence-electron chi connectivity index (χ4n) is 2.05. The van der Waals surface area contributed by atoms with Gasteiger partial charge in [0.2, 0.25) is 6.10 Å². The molecule has 26 heavy (non-hydrogen) atoms. The molecule has 0 aromatic rings. The molecule has 146 valence electrons. The van der Waals surface area contributed by atoms with Gasteiger partial charge in [0.05, 0.1) is 0 Å². The molecule has 10 heteroatoms. The number of hydrogen-bond donors (Lipinski definition) is 0. The Bertz CT molecular complexity index is 554. The number of esters is 4. The minimum Gasteiger partial charge on any atom is -0.462 e. The molecule has 0 N–H and O–H groups in total. The van der Waals surface area contributed by atoms with Gasteiger partial charge >= 0.3 is 23.9 Å². The van der Waals surface area contributed by atoms with Gasteiger partial charge in [-0.25, -0.2) is 0 Å². The molecule has 0 radical (unpaired) electrons. The fourth-order valence-corrected chi connectivity index (χ4v) is 2.05. The van der Waals surface area contributed by atoms with Gasteiger partial charge in [0.25, 0.3) is 0 Å². The van der Waals surface area contributed by atoms with Gasteiger partial charge in [-0.05, 0) is 6.92 Å². The number of rotatable bonds is 10. The minimum atomic E-state index is -1.45. The van der Waals surface area contributed by atoms with E-state index in [-0.39, 0.29) is 6.61 Å². The van der Waals surface area contributed by atoms with Gasteiger partial charge in [-0.3, -0.25) is 19.2 Å². The van der Waals surface area contributed by atoms with Crippen LogP contribution < -0.4 is 0 Å². The lowest BCUT2D eigenvalue weighted by Crippen LogP contribution is -2.52. The monoisotopic (exact) mass is 373 g/mol. The number of nitriles is 1. The SMILES string of the molecule is CCO[C@H]([C@@H](OC(C)=O)[C@H](COC(C)=O)OC(C)=O)[C@@H](C#N)OC(C)=O. The number of carbonyl (C=O) groups excluding carboxylic acids is 4. The van der Waals surface area contributed by atoms with Gasteiger partial charge in [0.1, 0.15) is 18.8 Å². The summed E-state index contributed by atoms with van der Waals surface area (Å²) in [5.74, 6) is -2.92. The molecule has 0 amide bonds. The Morgan fingerprint density at radius 3 is 1.77 bits per heavy atom. The molecular formula is C16H23NO9. The fraction of sp³-hybridized carbons (Fsp3) is 0.688. The van der Waals surface area contributed by atoms with E-state index in [0.29, 0.717) is 0 Å². The van der Waals surface area contributed by atoms with E-state index < -0.39 is 54.9 Å². The van der Waals surface area contributed by atoms with Crippen LogP contribution in [-0.4, -0.2) is 61.5 Å². The lowest BCUT2D eigenvalue weighted by molar-refractivity contribution is -0.195. The van der Waals surface area contributed by atoms with Crippen molar-refractivity contribution in [2.24, 2.45) is 0 Å². The smallest absolute Gasteiger partial charge is 0.304 e. The Hall–Kier alpha value is -2.67. The molecule has 0 unspecified atom stereocenters. The standard InChI is InChI=1S/C16H23NO9/c1-6-22-15(13(7-17)24-10(3)19)16(26-12(5)21)14(25-11(4)20)8-23-9(2)18/h13-16H,6,8H2,1-5H3/t13-,14+,15+,16+/m1/s1. The van der Waals surface area contributed by atoms with Crippen LogP contribution in [0.3, 0.4) is 0 Å². The maximum Gasteiger partial charge on any atom is 0.304 e. The Morgan fingerprint density at radius 2 is 1.38 bits per heavy atom. The number of ether oxygens (including phenoxy) is 5. The topological polar surface area (TPSA) is 138 Å². The van der Waals surface area contributed by atoms with Crippen molar-refractivity contribution < 1.29 is 42.9 Å². The van der Waals surface area contributed by atoms with Crippen LogP contribution in [0.15, 0.2) is 0 Å². The summed E-state index contributed by atoms with van der Waals surface area (Å²) >= 11 is 0. The molecule has 0 aromatic heterocycles. The molecule has 10 nitrogen and oxygen atoms in total. The van der Waals surface area contributed by atoms with Crippen LogP contribution in [0.1, 0.15) is 34.6 Å². The van der Waals surface area contributed by atoms with Crippen LogP contribution in [-0.2, 0) is 42.9 Å². The second-order valence-electron chi connectivity index (χ2n) is 5.10. The van der Waals surface area contributed by atoms with Crippen LogP contribution in [0.25, 0.3) is 0 Å². The third kappa shape index (κ3) is 8.98. The Morgan fingerprint density at radius 1 is 0.846 bits per heavy atom. The van der Waals surface area contributed by atoms with E-state index >= 15 is 0 Å². The minimum absolute atomic E-state index is 0.0717. The molecule has 0 aliphatic rings. The molecule has 0 spiro atoms. The average molecular weight is 373 g/mol. The molecule has 0 heterocycles. The summed E-state index contributed by atoms with van der Waals surface area (Å²) in [6.07, 6.45) is -5.37. The highest BCUT2D eigenvalue weighted by Crippen LogP contribution is 2.19. The van der Waals surface area contributed by atoms with E-state index in [2.05, 4.69) is 0 Å². The average Bonchev–Trinajstić information content (AvgIpc) is 2.51. The highest BCUT2D eigenvalue weighted by atomic mass is 16.6. The van der Waals surface area contributed by atoms with Crippen molar-refractivity contribution in [2.45, 2.75) is 59.0 Å². The van der Waals surface area contributed by atoms with E-state index in [1.807, 2.05) is 0 Å². The van der Waals surface area contributed by atoms with E-state index in [0.717, 1.165) is 27.7 Å². The zero-order chi connectivity index (χ0) is 20.3. The molecule has 0 rings (SSSR count). The second-order valence-corrected chi connectivity index (χ2v) is 5.10. The van der Waals surface area contributed by atoms with Crippen LogP contribution in [0, 0.1) is 11.3 Å². The molecule has 0 aromatic carbocycles. The first-order valence-corrected chi connectivity index (χ1v) is 7.78. The summed E-state index contributed by atoms with van der Waals surface area (Å²) in [5, 5.41) is 9.30. The van der Waals surface area contributed by atoms with Gasteiger partial charge in [-0.2, -0.15) is 5.26 Å². The highest BCUT2D eigenvalue weighted by molar-refractivity contribution is 5.68. The molecule has 0 bridgehead atoms. The lowest BCUT2D eigenvalue weighted by Gasteiger charge is -2.33. The summed E-state index contributed by atoms with van der Waals surface area (Å²) in [7, 11) is 0. The molecule has 0 fully saturated rings. The zero-order valence-corrected chi connectivity index (χ0v) is 15.3. The summed E-state index contributed by atoms with van der Waals surface area (Å²) in [4.78, 5) is 45.2. The number of carbonyl (C=O) groups is 4. The van der Waals surface area contributed by atoms with Crippen LogP contribution in [0.5, 0.6) is 0 Å². The Kier molecular flexibility index (Phi) is 10.6. The first kappa shape index (κ1) is 23.3. The number of hydrogen-bond acceptors (Lipinski definition) is 10. The first-order valence-electron chi connectivity index (χ1n) is 7.78. The quantitative estimate of drug-likeness (QED) is 0.387. The van der Waals surface area contributed by atoms with Crippen molar-refractivity contribution in [1.82, 2.24) is 0 Å². The van der Waals surface area contributed by atoms with Crippen LogP contribution in [0.2, 0.25) is 0 Å². The largest absolute Gasteiger partial charge is 0.462 e. The van der Waals surface area contributed by atoms with Crippen LogP contribution >= 0.6 is 0 Å². The Labute approximate surface area is 151 Å². The van der Waals surface area contributed by atoms with Crippen molar-refractivity contribution >= 4 is 23.9 Å². The summed E-state index contributed by atoms with van der Waals surface area (Å²) in [5.41, 5.74) is 0. The Balaban J connectivity index is 5.83. The molecular weight excluding hydrogens is 350 g/mol. The summed E-state index contributed by atoms with van der Waals surface area (Å²) in [6.45, 7) is 5.66. The summed E-state index contributed by atoms with van der Waals surface area (Å²) < 4.78 is 25.4. The van der Waals surface area contributed by atoms with Gasteiger partial charge in [-0.15, -0.1) is 0 Å². The predicted molar refractivity (Wildman–Crippen MR) is 84.3 cm³/mol.